The number of imidazole rings is 1. The fraction of sp³-hybridized carbons (Fsp3) is 0.615. The highest BCUT2D eigenvalue weighted by Crippen LogP contribution is 2.23. The Morgan fingerprint density at radius 3 is 3.00 bits per heavy atom. The standard InChI is InChI=1S/C13H20N4O4/c1-13(3-2-4-21-13)7-15-12(20)17-10(11(18)19)5-9-6-14-8-16-9/h6,8,10H,2-5,7H2,1H3,(H,14,16)(H,18,19)(H2,15,17,20)/t10-,13?/m1/s1. The van der Waals surface area contributed by atoms with Gasteiger partial charge in [0.2, 0.25) is 0 Å². The van der Waals surface area contributed by atoms with Crippen LogP contribution in [0.2, 0.25) is 0 Å². The number of aromatic amines is 1. The number of carbonyl (C=O) groups excluding carboxylic acids is 1. The predicted octanol–water partition coefficient (Wildman–Crippen LogP) is 0.274. The molecule has 1 aliphatic heterocycles. The van der Waals surface area contributed by atoms with E-state index in [1.807, 2.05) is 6.92 Å². The number of H-pyrrole nitrogens is 1. The van der Waals surface area contributed by atoms with Crippen LogP contribution in [0.25, 0.3) is 0 Å². The average Bonchev–Trinajstić information content (AvgIpc) is 3.08. The summed E-state index contributed by atoms with van der Waals surface area (Å²) in [5, 5.41) is 14.3. The number of carboxylic acids is 1. The van der Waals surface area contributed by atoms with E-state index in [4.69, 9.17) is 9.84 Å². The first-order valence-corrected chi connectivity index (χ1v) is 6.87. The van der Waals surface area contributed by atoms with Crippen LogP contribution in [0.5, 0.6) is 0 Å². The molecule has 1 aromatic rings. The summed E-state index contributed by atoms with van der Waals surface area (Å²) in [6.07, 6.45) is 4.99. The van der Waals surface area contributed by atoms with Crippen molar-refractivity contribution in [2.45, 2.75) is 37.8 Å². The fourth-order valence-corrected chi connectivity index (χ4v) is 2.27. The fourth-order valence-electron chi connectivity index (χ4n) is 2.27. The molecule has 2 heterocycles. The molecule has 1 aliphatic rings. The van der Waals surface area contributed by atoms with Crippen LogP contribution in [0.4, 0.5) is 4.79 Å². The SMILES string of the molecule is CC1(CNC(=O)N[C@H](Cc2cnc[nH]2)C(=O)O)CCCO1. The minimum atomic E-state index is -1.09. The lowest BCUT2D eigenvalue weighted by molar-refractivity contribution is -0.139. The molecule has 21 heavy (non-hydrogen) atoms. The lowest BCUT2D eigenvalue weighted by atomic mass is 10.0. The molecule has 0 radical (unpaired) electrons. The molecule has 8 heteroatoms. The zero-order valence-corrected chi connectivity index (χ0v) is 11.9. The number of hydrogen-bond acceptors (Lipinski definition) is 4. The summed E-state index contributed by atoms with van der Waals surface area (Å²) in [6.45, 7) is 2.98. The van der Waals surface area contributed by atoms with Gasteiger partial charge >= 0.3 is 12.0 Å². The summed E-state index contributed by atoms with van der Waals surface area (Å²) in [7, 11) is 0. The number of amides is 2. The zero-order chi connectivity index (χ0) is 15.3. The van der Waals surface area contributed by atoms with Gasteiger partial charge in [0.25, 0.3) is 0 Å². The van der Waals surface area contributed by atoms with Gasteiger partial charge in [-0.15, -0.1) is 0 Å². The summed E-state index contributed by atoms with van der Waals surface area (Å²) in [5.41, 5.74) is 0.285. The van der Waals surface area contributed by atoms with Crippen LogP contribution in [0.1, 0.15) is 25.5 Å². The number of aliphatic carboxylic acids is 1. The molecule has 2 amide bonds. The van der Waals surface area contributed by atoms with Crippen LogP contribution >= 0.6 is 0 Å². The molecule has 0 aromatic carbocycles. The summed E-state index contributed by atoms with van der Waals surface area (Å²) in [6, 6.07) is -1.53. The molecule has 116 valence electrons. The van der Waals surface area contributed by atoms with Crippen molar-refractivity contribution in [3.05, 3.63) is 18.2 Å². The Bertz CT molecular complexity index is 482. The molecule has 1 aromatic heterocycles. The van der Waals surface area contributed by atoms with Gasteiger partial charge in [-0.05, 0) is 19.8 Å². The smallest absolute Gasteiger partial charge is 0.326 e. The molecule has 4 N–H and O–H groups in total. The van der Waals surface area contributed by atoms with Crippen LogP contribution in [0.15, 0.2) is 12.5 Å². The number of urea groups is 1. The van der Waals surface area contributed by atoms with Gasteiger partial charge in [0.05, 0.1) is 11.9 Å². The van der Waals surface area contributed by atoms with Gasteiger partial charge in [-0.1, -0.05) is 0 Å². The van der Waals surface area contributed by atoms with Gasteiger partial charge in [0.1, 0.15) is 6.04 Å². The second-order valence-electron chi connectivity index (χ2n) is 5.40. The summed E-state index contributed by atoms with van der Waals surface area (Å²) >= 11 is 0. The van der Waals surface area contributed by atoms with Crippen LogP contribution < -0.4 is 10.6 Å². The predicted molar refractivity (Wildman–Crippen MR) is 73.8 cm³/mol. The van der Waals surface area contributed by atoms with Crippen LogP contribution in [-0.4, -0.2) is 51.9 Å². The molecule has 1 unspecified atom stereocenters. The van der Waals surface area contributed by atoms with E-state index in [1.54, 1.807) is 0 Å². The van der Waals surface area contributed by atoms with E-state index in [-0.39, 0.29) is 12.0 Å². The van der Waals surface area contributed by atoms with Crippen molar-refractivity contribution in [3.63, 3.8) is 0 Å². The highest BCUT2D eigenvalue weighted by Gasteiger charge is 2.30. The van der Waals surface area contributed by atoms with Crippen LogP contribution in [-0.2, 0) is 16.0 Å². The molecular formula is C13H20N4O4. The number of hydrogen-bond donors (Lipinski definition) is 4. The van der Waals surface area contributed by atoms with Crippen LogP contribution in [0.3, 0.4) is 0 Å². The van der Waals surface area contributed by atoms with Gasteiger partial charge in [-0.3, -0.25) is 0 Å². The number of nitrogens with zero attached hydrogens (tertiary/aromatic N) is 1. The van der Waals surface area contributed by atoms with Crippen molar-refractivity contribution in [2.24, 2.45) is 0 Å². The molecule has 0 aliphatic carbocycles. The molecule has 2 atom stereocenters. The first-order valence-electron chi connectivity index (χ1n) is 6.87. The van der Waals surface area contributed by atoms with Crippen molar-refractivity contribution >= 4 is 12.0 Å². The number of nitrogens with one attached hydrogen (secondary N) is 3. The summed E-state index contributed by atoms with van der Waals surface area (Å²) in [4.78, 5) is 29.6. The van der Waals surface area contributed by atoms with Crippen molar-refractivity contribution in [2.75, 3.05) is 13.2 Å². The number of carbonyl (C=O) groups is 2. The maximum absolute atomic E-state index is 11.8. The monoisotopic (exact) mass is 296 g/mol. The van der Waals surface area contributed by atoms with Gasteiger partial charge in [0, 0.05) is 31.5 Å². The molecule has 0 spiro atoms. The maximum Gasteiger partial charge on any atom is 0.326 e. The molecule has 8 nitrogen and oxygen atoms in total. The van der Waals surface area contributed by atoms with E-state index in [9.17, 15) is 9.59 Å². The van der Waals surface area contributed by atoms with E-state index >= 15 is 0 Å². The van der Waals surface area contributed by atoms with Crippen molar-refractivity contribution < 1.29 is 19.4 Å². The van der Waals surface area contributed by atoms with E-state index in [1.165, 1.54) is 12.5 Å². The molecule has 0 saturated carbocycles. The van der Waals surface area contributed by atoms with Gasteiger partial charge in [0.15, 0.2) is 0 Å². The Morgan fingerprint density at radius 2 is 2.43 bits per heavy atom. The molecule has 1 saturated heterocycles. The normalized spacial score (nSPS) is 22.7. The van der Waals surface area contributed by atoms with Crippen molar-refractivity contribution in [1.82, 2.24) is 20.6 Å². The Hall–Kier alpha value is -2.09. The highest BCUT2D eigenvalue weighted by atomic mass is 16.5. The number of ether oxygens (including phenoxy) is 1. The molecule has 1 fully saturated rings. The minimum absolute atomic E-state index is 0.149. The van der Waals surface area contributed by atoms with Gasteiger partial charge in [-0.2, -0.15) is 0 Å². The Balaban J connectivity index is 1.82. The molecule has 2 rings (SSSR count). The third-order valence-electron chi connectivity index (χ3n) is 3.51. The first-order chi connectivity index (χ1) is 9.98. The first kappa shape index (κ1) is 15.3. The summed E-state index contributed by atoms with van der Waals surface area (Å²) < 4.78 is 5.56. The number of carboxylic acid groups (broad SMARTS) is 1. The number of rotatable bonds is 6. The second-order valence-corrected chi connectivity index (χ2v) is 5.40. The van der Waals surface area contributed by atoms with Crippen LogP contribution in [0, 0.1) is 0 Å². The zero-order valence-electron chi connectivity index (χ0n) is 11.9. The Morgan fingerprint density at radius 1 is 1.62 bits per heavy atom. The molecular weight excluding hydrogens is 276 g/mol. The minimum Gasteiger partial charge on any atom is -0.480 e. The van der Waals surface area contributed by atoms with E-state index < -0.39 is 18.0 Å². The van der Waals surface area contributed by atoms with Crippen molar-refractivity contribution in [3.8, 4) is 0 Å². The number of aromatic nitrogens is 2. The topological polar surface area (TPSA) is 116 Å². The lowest BCUT2D eigenvalue weighted by Crippen LogP contribution is -2.50. The Kier molecular flexibility index (Phi) is 4.79. The third kappa shape index (κ3) is 4.45. The largest absolute Gasteiger partial charge is 0.480 e. The van der Waals surface area contributed by atoms with Gasteiger partial charge in [-0.25, -0.2) is 14.6 Å². The highest BCUT2D eigenvalue weighted by molar-refractivity contribution is 5.82. The van der Waals surface area contributed by atoms with Crippen molar-refractivity contribution in [1.29, 1.82) is 0 Å². The van der Waals surface area contributed by atoms with E-state index in [0.29, 0.717) is 18.8 Å². The third-order valence-corrected chi connectivity index (χ3v) is 3.51. The average molecular weight is 296 g/mol. The van der Waals surface area contributed by atoms with E-state index in [2.05, 4.69) is 20.6 Å². The van der Waals surface area contributed by atoms with E-state index in [0.717, 1.165) is 12.8 Å². The second kappa shape index (κ2) is 6.57. The summed E-state index contributed by atoms with van der Waals surface area (Å²) in [5.74, 6) is -1.09. The maximum atomic E-state index is 11.8. The van der Waals surface area contributed by atoms with Gasteiger partial charge < -0.3 is 25.5 Å². The Labute approximate surface area is 122 Å². The quantitative estimate of drug-likeness (QED) is 0.601. The molecule has 0 bridgehead atoms. The lowest BCUT2D eigenvalue weighted by Gasteiger charge is -2.24.